The van der Waals surface area contributed by atoms with Crippen LogP contribution in [0.25, 0.3) is 10.2 Å². The van der Waals surface area contributed by atoms with Crippen LogP contribution in [0.3, 0.4) is 0 Å². The van der Waals surface area contributed by atoms with Gasteiger partial charge in [0.15, 0.2) is 0 Å². The first-order chi connectivity index (χ1) is 15.9. The minimum atomic E-state index is -3.48. The largest absolute Gasteiger partial charge is 0.467 e. The summed E-state index contributed by atoms with van der Waals surface area (Å²) in [7, 11) is -3.48. The van der Waals surface area contributed by atoms with Crippen LogP contribution < -0.4 is 4.74 Å². The van der Waals surface area contributed by atoms with E-state index in [1.54, 1.807) is 17.0 Å². The molecule has 2 aliphatic heterocycles. The fourth-order valence-corrected chi connectivity index (χ4v) is 6.99. The van der Waals surface area contributed by atoms with Crippen molar-refractivity contribution in [2.45, 2.75) is 36.7 Å². The lowest BCUT2D eigenvalue weighted by Gasteiger charge is -2.31. The van der Waals surface area contributed by atoms with Crippen molar-refractivity contribution in [3.05, 3.63) is 53.1 Å². The molecule has 10 heteroatoms. The van der Waals surface area contributed by atoms with Crippen molar-refractivity contribution in [1.29, 1.82) is 0 Å². The number of ether oxygens (including phenoxy) is 1. The van der Waals surface area contributed by atoms with Crippen LogP contribution in [0.4, 0.5) is 0 Å². The third-order valence-corrected chi connectivity index (χ3v) is 9.28. The molecule has 2 fully saturated rings. The maximum absolute atomic E-state index is 12.9. The van der Waals surface area contributed by atoms with Crippen molar-refractivity contribution < 1.29 is 17.9 Å². The molecule has 0 radical (unpaired) electrons. The smallest absolute Gasteiger partial charge is 0.274 e. The van der Waals surface area contributed by atoms with Crippen molar-refractivity contribution in [1.82, 2.24) is 14.2 Å². The number of benzene rings is 2. The Kier molecular flexibility index (Phi) is 6.30. The molecule has 0 saturated carbocycles. The number of carbonyl (C=O) groups excluding carboxylic acids is 1. The second kappa shape index (κ2) is 9.21. The SMILES string of the molecule is O=C(c1ccc(S(=O)(=O)N2CCCC2)cc1)N1CCC(Oc2nc3c(Cl)cccc3s2)CC1. The van der Waals surface area contributed by atoms with Gasteiger partial charge in [-0.25, -0.2) is 13.4 Å². The van der Waals surface area contributed by atoms with Crippen LogP contribution >= 0.6 is 22.9 Å². The van der Waals surface area contributed by atoms with E-state index in [9.17, 15) is 13.2 Å². The van der Waals surface area contributed by atoms with Crippen LogP contribution in [0.5, 0.6) is 5.19 Å². The summed E-state index contributed by atoms with van der Waals surface area (Å²) in [5.41, 5.74) is 1.25. The van der Waals surface area contributed by atoms with Gasteiger partial charge in [0.1, 0.15) is 11.6 Å². The number of para-hydroxylation sites is 1. The molecule has 33 heavy (non-hydrogen) atoms. The standard InChI is InChI=1S/C23H24ClN3O4S2/c24-19-4-3-5-20-21(19)25-23(32-20)31-17-10-14-26(15-11-17)22(28)16-6-8-18(9-7-16)33(29,30)27-12-1-2-13-27/h3-9,17H,1-2,10-15H2. The van der Waals surface area contributed by atoms with Crippen LogP contribution in [0.1, 0.15) is 36.0 Å². The fraction of sp³-hybridized carbons (Fsp3) is 0.391. The molecule has 1 amide bonds. The molecular weight excluding hydrogens is 482 g/mol. The Morgan fingerprint density at radius 3 is 2.39 bits per heavy atom. The molecule has 2 saturated heterocycles. The first-order valence-corrected chi connectivity index (χ1v) is 13.7. The Morgan fingerprint density at radius 2 is 1.73 bits per heavy atom. The zero-order valence-electron chi connectivity index (χ0n) is 17.9. The minimum absolute atomic E-state index is 0.0126. The van der Waals surface area contributed by atoms with Crippen LogP contribution in [0.15, 0.2) is 47.4 Å². The number of halogens is 1. The van der Waals surface area contributed by atoms with E-state index in [4.69, 9.17) is 16.3 Å². The predicted molar refractivity (Wildman–Crippen MR) is 129 cm³/mol. The highest BCUT2D eigenvalue weighted by Crippen LogP contribution is 2.33. The minimum Gasteiger partial charge on any atom is -0.467 e. The Balaban J connectivity index is 1.19. The maximum Gasteiger partial charge on any atom is 0.274 e. The van der Waals surface area contributed by atoms with Gasteiger partial charge in [0, 0.05) is 44.6 Å². The van der Waals surface area contributed by atoms with Gasteiger partial charge in [0.25, 0.3) is 11.1 Å². The molecular formula is C23H24ClN3O4S2. The van der Waals surface area contributed by atoms with Crippen molar-refractivity contribution in [2.75, 3.05) is 26.2 Å². The number of sulfonamides is 1. The molecule has 0 atom stereocenters. The van der Waals surface area contributed by atoms with Crippen LogP contribution in [-0.4, -0.2) is 60.8 Å². The zero-order valence-corrected chi connectivity index (χ0v) is 20.3. The fourth-order valence-electron chi connectivity index (χ4n) is 4.29. The molecule has 5 rings (SSSR count). The molecule has 2 aliphatic rings. The number of hydrogen-bond donors (Lipinski definition) is 0. The molecule has 2 aromatic carbocycles. The molecule has 3 aromatic rings. The average molecular weight is 506 g/mol. The van der Waals surface area contributed by atoms with Crippen molar-refractivity contribution in [3.63, 3.8) is 0 Å². The van der Waals surface area contributed by atoms with Crippen LogP contribution in [-0.2, 0) is 10.0 Å². The van der Waals surface area contributed by atoms with E-state index in [1.807, 2.05) is 18.2 Å². The normalized spacial score (nSPS) is 18.2. The topological polar surface area (TPSA) is 79.8 Å². The summed E-state index contributed by atoms with van der Waals surface area (Å²) in [6.45, 7) is 2.26. The third-order valence-electron chi connectivity index (χ3n) is 6.15. The number of hydrogen-bond acceptors (Lipinski definition) is 6. The van der Waals surface area contributed by atoms with Gasteiger partial charge in [-0.1, -0.05) is 29.0 Å². The number of thiazole rings is 1. The molecule has 174 valence electrons. The molecule has 0 aliphatic carbocycles. The summed E-state index contributed by atoms with van der Waals surface area (Å²) in [5, 5.41) is 1.20. The van der Waals surface area contributed by atoms with Gasteiger partial charge in [-0.3, -0.25) is 4.79 Å². The zero-order chi connectivity index (χ0) is 23.0. The summed E-state index contributed by atoms with van der Waals surface area (Å²) in [4.78, 5) is 19.5. The summed E-state index contributed by atoms with van der Waals surface area (Å²) >= 11 is 7.67. The number of rotatable bonds is 5. The first-order valence-electron chi connectivity index (χ1n) is 11.0. The predicted octanol–water partition coefficient (Wildman–Crippen LogP) is 4.42. The molecule has 3 heterocycles. The molecule has 0 unspecified atom stereocenters. The van der Waals surface area contributed by atoms with E-state index in [1.165, 1.54) is 27.8 Å². The number of fused-ring (bicyclic) bond motifs is 1. The summed E-state index contributed by atoms with van der Waals surface area (Å²) in [6.07, 6.45) is 3.18. The second-order valence-electron chi connectivity index (χ2n) is 8.31. The highest BCUT2D eigenvalue weighted by molar-refractivity contribution is 7.89. The number of likely N-dealkylation sites (tertiary alicyclic amines) is 1. The third kappa shape index (κ3) is 4.59. The van der Waals surface area contributed by atoms with E-state index in [-0.39, 0.29) is 16.9 Å². The Labute approximate surface area is 202 Å². The summed E-state index contributed by atoms with van der Waals surface area (Å²) in [6, 6.07) is 12.0. The summed E-state index contributed by atoms with van der Waals surface area (Å²) < 4.78 is 33.9. The van der Waals surface area contributed by atoms with Crippen molar-refractivity contribution >= 4 is 49.1 Å². The lowest BCUT2D eigenvalue weighted by atomic mass is 10.1. The van der Waals surface area contributed by atoms with Gasteiger partial charge in [-0.05, 0) is 49.2 Å². The van der Waals surface area contributed by atoms with Crippen molar-refractivity contribution in [3.8, 4) is 5.19 Å². The lowest BCUT2D eigenvalue weighted by Crippen LogP contribution is -2.41. The Hall–Kier alpha value is -2.20. The van der Waals surface area contributed by atoms with E-state index < -0.39 is 10.0 Å². The quantitative estimate of drug-likeness (QED) is 0.513. The van der Waals surface area contributed by atoms with Crippen LogP contribution in [0.2, 0.25) is 5.02 Å². The maximum atomic E-state index is 12.9. The van der Waals surface area contributed by atoms with Crippen molar-refractivity contribution in [2.24, 2.45) is 0 Å². The molecule has 0 bridgehead atoms. The average Bonchev–Trinajstić information content (AvgIpc) is 3.50. The Bertz CT molecular complexity index is 1260. The molecule has 0 spiro atoms. The number of carbonyl (C=O) groups is 1. The molecule has 0 N–H and O–H groups in total. The van der Waals surface area contributed by atoms with E-state index in [0.29, 0.717) is 54.8 Å². The highest BCUT2D eigenvalue weighted by atomic mass is 35.5. The van der Waals surface area contributed by atoms with Gasteiger partial charge < -0.3 is 9.64 Å². The number of piperidine rings is 1. The van der Waals surface area contributed by atoms with Gasteiger partial charge >= 0.3 is 0 Å². The van der Waals surface area contributed by atoms with E-state index >= 15 is 0 Å². The van der Waals surface area contributed by atoms with E-state index in [2.05, 4.69) is 4.98 Å². The number of nitrogens with zero attached hydrogens (tertiary/aromatic N) is 3. The number of aromatic nitrogens is 1. The van der Waals surface area contributed by atoms with Gasteiger partial charge in [0.05, 0.1) is 14.6 Å². The van der Waals surface area contributed by atoms with E-state index in [0.717, 1.165) is 23.1 Å². The van der Waals surface area contributed by atoms with Gasteiger partial charge in [-0.15, -0.1) is 0 Å². The van der Waals surface area contributed by atoms with Crippen LogP contribution in [0, 0.1) is 0 Å². The lowest BCUT2D eigenvalue weighted by molar-refractivity contribution is 0.0595. The number of amides is 1. The molecule has 1 aromatic heterocycles. The highest BCUT2D eigenvalue weighted by Gasteiger charge is 2.28. The molecule has 7 nitrogen and oxygen atoms in total. The first kappa shape index (κ1) is 22.6. The van der Waals surface area contributed by atoms with Gasteiger partial charge in [-0.2, -0.15) is 4.31 Å². The second-order valence-corrected chi connectivity index (χ2v) is 11.6. The van der Waals surface area contributed by atoms with Gasteiger partial charge in [0.2, 0.25) is 10.0 Å². The monoisotopic (exact) mass is 505 g/mol. The summed E-state index contributed by atoms with van der Waals surface area (Å²) in [5.74, 6) is -0.0923. The Morgan fingerprint density at radius 1 is 1.03 bits per heavy atom.